The second-order valence-corrected chi connectivity index (χ2v) is 6.19. The van der Waals surface area contributed by atoms with E-state index in [1.807, 2.05) is 10.3 Å². The lowest BCUT2D eigenvalue weighted by molar-refractivity contribution is -0.137. The van der Waals surface area contributed by atoms with Crippen LogP contribution in [-0.4, -0.2) is 28.5 Å². The first kappa shape index (κ1) is 19.5. The van der Waals surface area contributed by atoms with Crippen LogP contribution in [0.1, 0.15) is 33.3 Å². The lowest BCUT2D eigenvalue weighted by atomic mass is 10.1. The molecule has 0 unspecified atom stereocenters. The van der Waals surface area contributed by atoms with Crippen LogP contribution in [0.3, 0.4) is 0 Å². The molecule has 4 N–H and O–H groups in total. The number of alkyl halides is 3. The van der Waals surface area contributed by atoms with Gasteiger partial charge < -0.3 is 20.9 Å². The maximum atomic E-state index is 12.6. The van der Waals surface area contributed by atoms with Crippen molar-refractivity contribution in [3.63, 3.8) is 0 Å². The van der Waals surface area contributed by atoms with Crippen molar-refractivity contribution in [1.82, 2.24) is 15.6 Å². The molecule has 7 nitrogen and oxygen atoms in total. The summed E-state index contributed by atoms with van der Waals surface area (Å²) < 4.78 is 37.8. The number of pyridine rings is 1. The average molecular weight is 348 g/mol. The Balaban J connectivity index is 2.78. The van der Waals surface area contributed by atoms with Crippen LogP contribution in [0.4, 0.5) is 23.7 Å². The fourth-order valence-corrected chi connectivity index (χ4v) is 1.64. The van der Waals surface area contributed by atoms with E-state index in [4.69, 9.17) is 0 Å². The van der Waals surface area contributed by atoms with Crippen molar-refractivity contribution < 1.29 is 22.8 Å². The third-order valence-electron chi connectivity index (χ3n) is 2.72. The molecule has 0 aromatic carbocycles. The van der Waals surface area contributed by atoms with Crippen molar-refractivity contribution in [2.24, 2.45) is 0 Å². The zero-order valence-electron chi connectivity index (χ0n) is 13.6. The number of rotatable bonds is 3. The van der Waals surface area contributed by atoms with Crippen LogP contribution in [-0.2, 0) is 11.0 Å². The highest BCUT2D eigenvalue weighted by atomic mass is 19.4. The molecule has 0 aliphatic carbocycles. The van der Waals surface area contributed by atoms with Crippen molar-refractivity contribution in [2.75, 3.05) is 5.32 Å². The van der Waals surface area contributed by atoms with Gasteiger partial charge in [0, 0.05) is 11.7 Å². The first-order valence-electron chi connectivity index (χ1n) is 6.99. The number of halogens is 3. The quantitative estimate of drug-likeness (QED) is 0.670. The third-order valence-corrected chi connectivity index (χ3v) is 2.72. The number of hydrogen-bond acceptors (Lipinski definition) is 3. The van der Waals surface area contributed by atoms with Crippen molar-refractivity contribution in [3.05, 3.63) is 28.2 Å². The van der Waals surface area contributed by atoms with Gasteiger partial charge in [-0.2, -0.15) is 13.2 Å². The van der Waals surface area contributed by atoms with E-state index in [1.54, 1.807) is 20.8 Å². The van der Waals surface area contributed by atoms with E-state index >= 15 is 0 Å². The molecule has 0 saturated heterocycles. The van der Waals surface area contributed by atoms with E-state index in [9.17, 15) is 27.6 Å². The molecule has 1 atom stereocenters. The minimum absolute atomic E-state index is 0.476. The Morgan fingerprint density at radius 1 is 1.21 bits per heavy atom. The summed E-state index contributed by atoms with van der Waals surface area (Å²) in [5.41, 5.74) is -3.10. The van der Waals surface area contributed by atoms with Crippen molar-refractivity contribution in [3.8, 4) is 0 Å². The number of amides is 3. The van der Waals surface area contributed by atoms with E-state index in [1.165, 1.54) is 6.92 Å². The van der Waals surface area contributed by atoms with Crippen LogP contribution in [0, 0.1) is 0 Å². The molecule has 0 saturated carbocycles. The van der Waals surface area contributed by atoms with Crippen LogP contribution in [0.25, 0.3) is 0 Å². The average Bonchev–Trinajstić information content (AvgIpc) is 2.37. The van der Waals surface area contributed by atoms with Gasteiger partial charge in [-0.05, 0) is 33.8 Å². The molecule has 0 aliphatic rings. The third kappa shape index (κ3) is 5.94. The number of hydrogen-bond donors (Lipinski definition) is 4. The van der Waals surface area contributed by atoms with Gasteiger partial charge in [-0.1, -0.05) is 0 Å². The van der Waals surface area contributed by atoms with Crippen molar-refractivity contribution >= 4 is 17.6 Å². The smallest absolute Gasteiger partial charge is 0.350 e. The van der Waals surface area contributed by atoms with Gasteiger partial charge in [0.25, 0.3) is 5.56 Å². The maximum absolute atomic E-state index is 12.6. The molecular weight excluding hydrogens is 329 g/mol. The lowest BCUT2D eigenvalue weighted by Crippen LogP contribution is -2.51. The summed E-state index contributed by atoms with van der Waals surface area (Å²) in [6.07, 6.45) is -4.16. The highest BCUT2D eigenvalue weighted by Gasteiger charge is 2.31. The normalized spacial score (nSPS) is 13.1. The van der Waals surface area contributed by atoms with E-state index in [0.29, 0.717) is 12.3 Å². The predicted molar refractivity (Wildman–Crippen MR) is 81.6 cm³/mol. The number of aromatic amines is 1. The van der Waals surface area contributed by atoms with Crippen LogP contribution in [0.2, 0.25) is 0 Å². The highest BCUT2D eigenvalue weighted by molar-refractivity contribution is 5.93. The Morgan fingerprint density at radius 3 is 2.29 bits per heavy atom. The molecule has 0 spiro atoms. The molecule has 0 aliphatic heterocycles. The molecule has 134 valence electrons. The zero-order valence-corrected chi connectivity index (χ0v) is 13.6. The predicted octanol–water partition coefficient (Wildman–Crippen LogP) is 1.82. The maximum Gasteiger partial charge on any atom is 0.417 e. The van der Waals surface area contributed by atoms with Gasteiger partial charge in [-0.3, -0.25) is 9.59 Å². The van der Waals surface area contributed by atoms with Crippen LogP contribution >= 0.6 is 0 Å². The number of carbonyl (C=O) groups is 2. The van der Waals surface area contributed by atoms with Crippen molar-refractivity contribution in [2.45, 2.75) is 45.5 Å². The van der Waals surface area contributed by atoms with Gasteiger partial charge in [0.2, 0.25) is 5.91 Å². The summed E-state index contributed by atoms with van der Waals surface area (Å²) in [5, 5.41) is 6.87. The summed E-state index contributed by atoms with van der Waals surface area (Å²) in [7, 11) is 0. The van der Waals surface area contributed by atoms with Gasteiger partial charge in [0.15, 0.2) is 0 Å². The molecule has 1 heterocycles. The van der Waals surface area contributed by atoms with Crippen molar-refractivity contribution in [1.29, 1.82) is 0 Å². The molecule has 0 fully saturated rings. The molecule has 1 aromatic heterocycles. The first-order chi connectivity index (χ1) is 10.8. The standard InChI is InChI=1S/C14H19F3N4O3/c1-7(10(22)21-13(2,3)4)19-12(24)20-9-5-8(14(15,16)17)6-18-11(9)23/h5-7H,1-4H3,(H,18,23)(H,21,22)(H2,19,20,24)/t7-/m1/s1. The van der Waals surface area contributed by atoms with Crippen LogP contribution in [0.5, 0.6) is 0 Å². The second-order valence-electron chi connectivity index (χ2n) is 6.19. The topological polar surface area (TPSA) is 103 Å². The van der Waals surface area contributed by atoms with Crippen LogP contribution < -0.4 is 21.5 Å². The number of nitrogens with one attached hydrogen (secondary N) is 4. The highest BCUT2D eigenvalue weighted by Crippen LogP contribution is 2.29. The molecular formula is C14H19F3N4O3. The minimum atomic E-state index is -4.67. The van der Waals surface area contributed by atoms with Gasteiger partial charge in [-0.25, -0.2) is 4.79 Å². The molecule has 0 radical (unpaired) electrons. The summed E-state index contributed by atoms with van der Waals surface area (Å²) in [5.74, 6) is -0.476. The summed E-state index contributed by atoms with van der Waals surface area (Å²) in [4.78, 5) is 37.0. The van der Waals surface area contributed by atoms with Gasteiger partial charge in [0.05, 0.1) is 5.56 Å². The summed E-state index contributed by atoms with van der Waals surface area (Å²) >= 11 is 0. The van der Waals surface area contributed by atoms with Crippen LogP contribution in [0.15, 0.2) is 17.1 Å². The SMILES string of the molecule is C[C@@H](NC(=O)Nc1cc(C(F)(F)F)c[nH]c1=O)C(=O)NC(C)(C)C. The number of urea groups is 1. The van der Waals surface area contributed by atoms with Gasteiger partial charge >= 0.3 is 12.2 Å². The molecule has 1 rings (SSSR count). The molecule has 10 heteroatoms. The van der Waals surface area contributed by atoms with E-state index in [2.05, 4.69) is 10.6 Å². The Bertz CT molecular complexity index is 677. The van der Waals surface area contributed by atoms with Gasteiger partial charge in [0.1, 0.15) is 11.7 Å². The zero-order chi connectivity index (χ0) is 18.7. The molecule has 0 bridgehead atoms. The monoisotopic (exact) mass is 348 g/mol. The van der Waals surface area contributed by atoms with Gasteiger partial charge in [-0.15, -0.1) is 0 Å². The summed E-state index contributed by atoms with van der Waals surface area (Å²) in [6, 6.07) is -1.41. The summed E-state index contributed by atoms with van der Waals surface area (Å²) in [6.45, 7) is 6.65. The Labute approximate surface area is 136 Å². The Morgan fingerprint density at radius 2 is 1.79 bits per heavy atom. The minimum Gasteiger partial charge on any atom is -0.350 e. The van der Waals surface area contributed by atoms with E-state index in [-0.39, 0.29) is 0 Å². The fourth-order valence-electron chi connectivity index (χ4n) is 1.64. The molecule has 24 heavy (non-hydrogen) atoms. The largest absolute Gasteiger partial charge is 0.417 e. The Kier molecular flexibility index (Phi) is 5.64. The van der Waals surface area contributed by atoms with E-state index in [0.717, 1.165) is 0 Å². The van der Waals surface area contributed by atoms with E-state index < -0.39 is 46.5 Å². The number of anilines is 1. The fraction of sp³-hybridized carbons (Fsp3) is 0.500. The number of H-pyrrole nitrogens is 1. The molecule has 1 aromatic rings. The Hall–Kier alpha value is -2.52. The number of aromatic nitrogens is 1. The first-order valence-corrected chi connectivity index (χ1v) is 6.99. The lowest BCUT2D eigenvalue weighted by Gasteiger charge is -2.23. The number of carbonyl (C=O) groups excluding carboxylic acids is 2. The second kappa shape index (κ2) is 6.93. The molecule has 3 amide bonds.